The number of phenols is 1. The minimum Gasteiger partial charge on any atom is -0.507 e. The fourth-order valence-electron chi connectivity index (χ4n) is 3.80. The summed E-state index contributed by atoms with van der Waals surface area (Å²) < 4.78 is 10.7. The van der Waals surface area contributed by atoms with Gasteiger partial charge in [-0.2, -0.15) is 0 Å². The Kier molecular flexibility index (Phi) is 6.58. The second-order valence-electron chi connectivity index (χ2n) is 8.21. The molecular weight excluding hydrogens is 432 g/mol. The second-order valence-corrected chi connectivity index (χ2v) is 8.21. The van der Waals surface area contributed by atoms with Crippen molar-refractivity contribution < 1.29 is 19.2 Å². The van der Waals surface area contributed by atoms with E-state index in [4.69, 9.17) is 15.0 Å². The summed E-state index contributed by atoms with van der Waals surface area (Å²) in [5.74, 6) is 0.0367. The Balaban J connectivity index is 1.62. The second kappa shape index (κ2) is 9.74. The molecule has 174 valence electrons. The van der Waals surface area contributed by atoms with Gasteiger partial charge in [0.1, 0.15) is 17.4 Å². The van der Waals surface area contributed by atoms with Crippen LogP contribution in [0.4, 0.5) is 5.82 Å². The molecule has 1 unspecified atom stereocenters. The number of phenolic OH excluding ortho intramolecular Hbond substituents is 1. The number of hydrogen-bond acceptors (Lipinski definition) is 8. The highest BCUT2D eigenvalue weighted by Crippen LogP contribution is 2.34. The molecule has 2 aromatic heterocycles. The third-order valence-corrected chi connectivity index (χ3v) is 5.54. The lowest BCUT2D eigenvalue weighted by atomic mass is 9.93. The van der Waals surface area contributed by atoms with Crippen molar-refractivity contribution in [2.75, 3.05) is 12.3 Å². The van der Waals surface area contributed by atoms with E-state index in [1.165, 1.54) is 0 Å². The molecule has 8 nitrogen and oxygen atoms in total. The number of rotatable bonds is 7. The van der Waals surface area contributed by atoms with Crippen molar-refractivity contribution in [3.05, 3.63) is 66.4 Å². The van der Waals surface area contributed by atoms with Crippen molar-refractivity contribution in [1.82, 2.24) is 15.4 Å². The first-order valence-electron chi connectivity index (χ1n) is 11.0. The van der Waals surface area contributed by atoms with E-state index in [0.717, 1.165) is 11.1 Å². The largest absolute Gasteiger partial charge is 0.507 e. The van der Waals surface area contributed by atoms with E-state index in [2.05, 4.69) is 15.4 Å². The lowest BCUT2D eigenvalue weighted by Crippen LogP contribution is -2.20. The minimum atomic E-state index is -0.518. The van der Waals surface area contributed by atoms with E-state index in [0.29, 0.717) is 34.9 Å². The van der Waals surface area contributed by atoms with E-state index in [-0.39, 0.29) is 23.5 Å². The summed E-state index contributed by atoms with van der Waals surface area (Å²) >= 11 is 0. The number of aromatic hydroxyl groups is 1. The van der Waals surface area contributed by atoms with Crippen LogP contribution in [0.3, 0.4) is 0 Å². The van der Waals surface area contributed by atoms with Gasteiger partial charge in [0.2, 0.25) is 0 Å². The molecule has 3 N–H and O–H groups in total. The van der Waals surface area contributed by atoms with Crippen molar-refractivity contribution in [2.45, 2.75) is 26.7 Å². The van der Waals surface area contributed by atoms with Crippen LogP contribution in [0, 0.1) is 5.92 Å². The fourth-order valence-corrected chi connectivity index (χ4v) is 3.80. The highest BCUT2D eigenvalue weighted by Gasteiger charge is 2.29. The Hall–Kier alpha value is -4.20. The normalized spacial score (nSPS) is 12.0. The molecule has 1 atom stereocenters. The van der Waals surface area contributed by atoms with Crippen molar-refractivity contribution in [2.24, 2.45) is 5.92 Å². The molecule has 0 spiro atoms. The summed E-state index contributed by atoms with van der Waals surface area (Å²) in [5.41, 5.74) is 10.2. The molecule has 4 rings (SSSR count). The van der Waals surface area contributed by atoms with Gasteiger partial charge in [0.15, 0.2) is 11.6 Å². The molecule has 0 fully saturated rings. The summed E-state index contributed by atoms with van der Waals surface area (Å²) in [6.45, 7) is 5.96. The van der Waals surface area contributed by atoms with Crippen LogP contribution in [-0.4, -0.2) is 33.0 Å². The number of carbonyl (C=O) groups excluding carboxylic acids is 1. The van der Waals surface area contributed by atoms with Gasteiger partial charge in [-0.1, -0.05) is 55.4 Å². The lowest BCUT2D eigenvalue weighted by Gasteiger charge is -2.15. The van der Waals surface area contributed by atoms with Crippen molar-refractivity contribution in [3.8, 4) is 39.4 Å². The molecular formula is C26H26N4O4. The topological polar surface area (TPSA) is 124 Å². The molecule has 2 heterocycles. The van der Waals surface area contributed by atoms with Gasteiger partial charge in [-0.15, -0.1) is 10.2 Å². The van der Waals surface area contributed by atoms with Gasteiger partial charge < -0.3 is 20.1 Å². The average molecular weight is 459 g/mol. The van der Waals surface area contributed by atoms with Crippen molar-refractivity contribution >= 4 is 11.8 Å². The molecule has 0 aliphatic rings. The minimum absolute atomic E-state index is 0.00244. The van der Waals surface area contributed by atoms with E-state index in [1.807, 2.05) is 44.2 Å². The molecule has 2 aromatic carbocycles. The standard InChI is InChI=1S/C26H26N4O4/c1-4-33-26(32)24(15(2)3)23-14-20(30-34-23)17-11-9-16(10-12-17)19-13-21(28-29-25(19)27)18-7-5-6-8-22(18)31/h5-15,24,31H,4H2,1-3H3,(H2,27,29). The number of nitrogen functional groups attached to an aromatic ring is 1. The quantitative estimate of drug-likeness (QED) is 0.368. The molecule has 0 bridgehead atoms. The predicted molar refractivity (Wildman–Crippen MR) is 129 cm³/mol. The van der Waals surface area contributed by atoms with Crippen LogP contribution in [0.2, 0.25) is 0 Å². The number of carbonyl (C=O) groups is 1. The number of para-hydroxylation sites is 1. The van der Waals surface area contributed by atoms with Gasteiger partial charge in [0, 0.05) is 22.8 Å². The molecule has 4 aromatic rings. The van der Waals surface area contributed by atoms with Gasteiger partial charge in [0.25, 0.3) is 0 Å². The maximum absolute atomic E-state index is 12.4. The maximum atomic E-state index is 12.4. The number of aromatic nitrogens is 3. The van der Waals surface area contributed by atoms with Gasteiger partial charge in [0.05, 0.1) is 12.3 Å². The molecule has 0 radical (unpaired) electrons. The zero-order chi connectivity index (χ0) is 24.2. The molecule has 8 heteroatoms. The van der Waals surface area contributed by atoms with Crippen LogP contribution in [-0.2, 0) is 9.53 Å². The first-order valence-corrected chi connectivity index (χ1v) is 11.0. The Morgan fingerprint density at radius 2 is 1.71 bits per heavy atom. The van der Waals surface area contributed by atoms with Gasteiger partial charge in [-0.3, -0.25) is 4.79 Å². The van der Waals surface area contributed by atoms with E-state index < -0.39 is 5.92 Å². The monoisotopic (exact) mass is 458 g/mol. The zero-order valence-corrected chi connectivity index (χ0v) is 19.2. The van der Waals surface area contributed by atoms with Gasteiger partial charge >= 0.3 is 5.97 Å². The third kappa shape index (κ3) is 4.61. The average Bonchev–Trinajstić information content (AvgIpc) is 3.29. The highest BCUT2D eigenvalue weighted by molar-refractivity contribution is 5.80. The number of nitrogens with two attached hydrogens (primary N) is 1. The van der Waals surface area contributed by atoms with Crippen LogP contribution < -0.4 is 5.73 Å². The summed E-state index contributed by atoms with van der Waals surface area (Å²) in [6, 6.07) is 18.1. The van der Waals surface area contributed by atoms with E-state index in [9.17, 15) is 9.90 Å². The molecule has 0 aliphatic carbocycles. The SMILES string of the molecule is CCOC(=O)C(c1cc(-c2ccc(-c3cc(-c4ccccc4O)nnc3N)cc2)no1)C(C)C. The smallest absolute Gasteiger partial charge is 0.317 e. The number of hydrogen-bond donors (Lipinski definition) is 2. The fraction of sp³-hybridized carbons (Fsp3) is 0.231. The lowest BCUT2D eigenvalue weighted by molar-refractivity contribution is -0.146. The first kappa shape index (κ1) is 23.0. The summed E-state index contributed by atoms with van der Waals surface area (Å²) in [6.07, 6.45) is 0. The first-order chi connectivity index (χ1) is 16.4. The van der Waals surface area contributed by atoms with Crippen LogP contribution >= 0.6 is 0 Å². The summed E-state index contributed by atoms with van der Waals surface area (Å²) in [7, 11) is 0. The highest BCUT2D eigenvalue weighted by atomic mass is 16.5. The zero-order valence-electron chi connectivity index (χ0n) is 19.2. The van der Waals surface area contributed by atoms with Crippen molar-refractivity contribution in [3.63, 3.8) is 0 Å². The van der Waals surface area contributed by atoms with Crippen LogP contribution in [0.25, 0.3) is 33.6 Å². The van der Waals surface area contributed by atoms with E-state index in [1.54, 1.807) is 37.3 Å². The molecule has 0 saturated heterocycles. The summed E-state index contributed by atoms with van der Waals surface area (Å²) in [4.78, 5) is 12.4. The number of nitrogens with zero attached hydrogens (tertiary/aromatic N) is 3. The summed E-state index contributed by atoms with van der Waals surface area (Å²) in [5, 5.41) is 22.5. The Bertz CT molecular complexity index is 1300. The van der Waals surface area contributed by atoms with Crippen LogP contribution in [0.1, 0.15) is 32.4 Å². The number of ether oxygens (including phenoxy) is 1. The Morgan fingerprint density at radius 1 is 1.00 bits per heavy atom. The third-order valence-electron chi connectivity index (χ3n) is 5.54. The number of anilines is 1. The molecule has 0 amide bonds. The predicted octanol–water partition coefficient (Wildman–Crippen LogP) is 5.06. The van der Waals surface area contributed by atoms with Crippen molar-refractivity contribution in [1.29, 1.82) is 0 Å². The molecule has 0 saturated carbocycles. The maximum Gasteiger partial charge on any atom is 0.317 e. The molecule has 34 heavy (non-hydrogen) atoms. The number of esters is 1. The van der Waals surface area contributed by atoms with Gasteiger partial charge in [-0.05, 0) is 36.6 Å². The Morgan fingerprint density at radius 3 is 2.38 bits per heavy atom. The Labute approximate surface area is 197 Å². The van der Waals surface area contributed by atoms with Gasteiger partial charge in [-0.25, -0.2) is 0 Å². The van der Waals surface area contributed by atoms with Crippen LogP contribution in [0.5, 0.6) is 5.75 Å². The molecule has 0 aliphatic heterocycles. The number of benzene rings is 2. The van der Waals surface area contributed by atoms with E-state index >= 15 is 0 Å². The van der Waals surface area contributed by atoms with Crippen LogP contribution in [0.15, 0.2) is 65.2 Å².